The summed E-state index contributed by atoms with van der Waals surface area (Å²) in [7, 11) is 1.51. The predicted octanol–water partition coefficient (Wildman–Crippen LogP) is -5.50. The zero-order chi connectivity index (χ0) is 25.9. The van der Waals surface area contributed by atoms with E-state index in [1.165, 1.54) is 7.11 Å². The molecule has 4 unspecified atom stereocenters. The molecule has 0 aliphatic carbocycles. The van der Waals surface area contributed by atoms with Crippen molar-refractivity contribution in [3.05, 3.63) is 0 Å². The molecule has 0 spiro atoms. The summed E-state index contributed by atoms with van der Waals surface area (Å²) in [6.07, 6.45) is -1.22. The highest BCUT2D eigenvalue weighted by atomic mass is 16.5. The van der Waals surface area contributed by atoms with Crippen LogP contribution in [-0.4, -0.2) is 93.2 Å². The van der Waals surface area contributed by atoms with E-state index in [-0.39, 0.29) is 13.2 Å². The second-order valence-electron chi connectivity index (χ2n) is 7.42. The summed E-state index contributed by atoms with van der Waals surface area (Å²) in [5.41, 5.74) is 13.1. The van der Waals surface area contributed by atoms with Crippen LogP contribution in [0.5, 0.6) is 0 Å². The predicted molar refractivity (Wildman–Crippen MR) is 118 cm³/mol. The Kier molecular flexibility index (Phi) is 17.6. The van der Waals surface area contributed by atoms with Gasteiger partial charge >= 0.3 is 0 Å². The van der Waals surface area contributed by atoms with Gasteiger partial charge in [0.05, 0.1) is 38.3 Å². The van der Waals surface area contributed by atoms with Gasteiger partial charge in [-0.1, -0.05) is 6.42 Å². The van der Waals surface area contributed by atoms with Crippen LogP contribution in [0, 0.1) is 0 Å². The van der Waals surface area contributed by atoms with Gasteiger partial charge in [-0.25, -0.2) is 5.84 Å². The number of aliphatic hydroxyl groups is 1. The number of amides is 3. The van der Waals surface area contributed by atoms with E-state index < -0.39 is 60.9 Å². The van der Waals surface area contributed by atoms with Crippen molar-refractivity contribution in [2.24, 2.45) is 17.3 Å². The number of rotatable bonds is 20. The quantitative estimate of drug-likeness (QED) is 0.0260. The molecule has 198 valence electrons. The van der Waals surface area contributed by atoms with E-state index in [2.05, 4.69) is 16.0 Å². The molecule has 0 fully saturated rings. The van der Waals surface area contributed by atoms with E-state index in [4.69, 9.17) is 26.8 Å². The number of carbonyl (C=O) groups excluding carboxylic acids is 4. The van der Waals surface area contributed by atoms with Crippen LogP contribution in [0.15, 0.2) is 0 Å². The molecule has 0 saturated heterocycles. The van der Waals surface area contributed by atoms with Crippen LogP contribution in [0.1, 0.15) is 32.1 Å². The van der Waals surface area contributed by atoms with Crippen molar-refractivity contribution in [1.29, 1.82) is 0 Å². The van der Waals surface area contributed by atoms with Crippen molar-refractivity contribution < 1.29 is 38.9 Å². The molecule has 4 atom stereocenters. The monoisotopic (exact) mass is 492 g/mol. The molecule has 3 amide bonds. The van der Waals surface area contributed by atoms with E-state index in [1.807, 2.05) is 5.43 Å². The van der Waals surface area contributed by atoms with Gasteiger partial charge in [0, 0.05) is 26.0 Å². The van der Waals surface area contributed by atoms with Gasteiger partial charge in [0.2, 0.25) is 17.7 Å². The normalized spacial score (nSPS) is 14.5. The van der Waals surface area contributed by atoms with Gasteiger partial charge in [0.15, 0.2) is 0 Å². The van der Waals surface area contributed by atoms with Crippen molar-refractivity contribution in [3.63, 3.8) is 0 Å². The number of aliphatic hydroxyl groups excluding tert-OH is 1. The number of hydrogen-bond donors (Lipinski definition) is 8. The second-order valence-corrected chi connectivity index (χ2v) is 7.42. The Morgan fingerprint density at radius 3 is 2.32 bits per heavy atom. The van der Waals surface area contributed by atoms with Crippen LogP contribution in [0.25, 0.3) is 0 Å². The number of unbranched alkanes of at least 4 members (excludes halogenated alkanes) is 1. The largest absolute Gasteiger partial charge is 0.550 e. The zero-order valence-electron chi connectivity index (χ0n) is 19.4. The lowest BCUT2D eigenvalue weighted by Crippen LogP contribution is -2.59. The van der Waals surface area contributed by atoms with Crippen molar-refractivity contribution in [3.8, 4) is 0 Å². The maximum atomic E-state index is 12.8. The third-order valence-corrected chi connectivity index (χ3v) is 4.62. The standard InChI is InChI=1S/C19H39N7O8/c1-33-8-9-34-7-6-23-18(31)14(11-16(28)29)25-19(32)13(10-15(27)26-22)24-17(30)12(21)4-2-3-5-20/h12-14,18,23,31H,2-11,20-22H2,1H3,(H,24,30)(H,25,32)(H,26,27)(H,28,29)/p-1. The van der Waals surface area contributed by atoms with Crippen molar-refractivity contribution in [2.45, 2.75) is 56.5 Å². The third-order valence-electron chi connectivity index (χ3n) is 4.62. The molecular weight excluding hydrogens is 454 g/mol. The fourth-order valence-corrected chi connectivity index (χ4v) is 2.74. The number of hydrazine groups is 1. The highest BCUT2D eigenvalue weighted by Gasteiger charge is 2.29. The highest BCUT2D eigenvalue weighted by Crippen LogP contribution is 2.03. The fourth-order valence-electron chi connectivity index (χ4n) is 2.74. The molecule has 34 heavy (non-hydrogen) atoms. The molecular formula is C19H38N7O8-. The Morgan fingerprint density at radius 1 is 1.03 bits per heavy atom. The number of carboxylic acids is 1. The number of ether oxygens (including phenoxy) is 2. The summed E-state index contributed by atoms with van der Waals surface area (Å²) in [5.74, 6) is 1.16. The Bertz CT molecular complexity index is 625. The lowest BCUT2D eigenvalue weighted by Gasteiger charge is -2.28. The van der Waals surface area contributed by atoms with E-state index in [1.54, 1.807) is 0 Å². The summed E-state index contributed by atoms with van der Waals surface area (Å²) < 4.78 is 10.1. The minimum atomic E-state index is -1.54. The molecule has 11 N–H and O–H groups in total. The van der Waals surface area contributed by atoms with E-state index in [0.717, 1.165) is 0 Å². The number of methoxy groups -OCH3 is 1. The SMILES string of the molecule is COCCOCCNC(O)C(CC(=O)[O-])NC(=O)C(CC(=O)NN)NC(=O)C(N)CCCCN. The first kappa shape index (κ1) is 31.6. The van der Waals surface area contributed by atoms with Crippen LogP contribution in [0.4, 0.5) is 0 Å². The molecule has 0 aliphatic heterocycles. The number of hydrogen-bond acceptors (Lipinski definition) is 12. The number of nitrogens with two attached hydrogens (primary N) is 3. The Balaban J connectivity index is 5.11. The molecule has 0 aromatic heterocycles. The van der Waals surface area contributed by atoms with E-state index >= 15 is 0 Å². The Hall–Kier alpha value is -2.40. The van der Waals surface area contributed by atoms with Gasteiger partial charge < -0.3 is 46.6 Å². The highest BCUT2D eigenvalue weighted by molar-refractivity contribution is 5.93. The molecule has 15 nitrogen and oxygen atoms in total. The molecule has 0 aromatic carbocycles. The van der Waals surface area contributed by atoms with Gasteiger partial charge in [-0.2, -0.15) is 0 Å². The van der Waals surface area contributed by atoms with Crippen LogP contribution in [0.3, 0.4) is 0 Å². The number of aliphatic carboxylic acids is 1. The Morgan fingerprint density at radius 2 is 1.74 bits per heavy atom. The minimum absolute atomic E-state index is 0.137. The minimum Gasteiger partial charge on any atom is -0.550 e. The maximum Gasteiger partial charge on any atom is 0.243 e. The fraction of sp³-hybridized carbons (Fsp3) is 0.789. The first-order valence-electron chi connectivity index (χ1n) is 10.9. The van der Waals surface area contributed by atoms with E-state index in [9.17, 15) is 29.4 Å². The average molecular weight is 493 g/mol. The summed E-state index contributed by atoms with van der Waals surface area (Å²) in [6.45, 7) is 1.46. The van der Waals surface area contributed by atoms with E-state index in [0.29, 0.717) is 39.0 Å². The molecule has 0 aromatic rings. The summed E-state index contributed by atoms with van der Waals surface area (Å²) >= 11 is 0. The van der Waals surface area contributed by atoms with Crippen LogP contribution in [-0.2, 0) is 28.7 Å². The average Bonchev–Trinajstić information content (AvgIpc) is 2.79. The molecule has 15 heteroatoms. The van der Waals surface area contributed by atoms with Crippen LogP contribution < -0.4 is 43.8 Å². The van der Waals surface area contributed by atoms with Gasteiger partial charge in [-0.05, 0) is 19.4 Å². The molecule has 0 heterocycles. The summed E-state index contributed by atoms with van der Waals surface area (Å²) in [5, 5.41) is 28.7. The third kappa shape index (κ3) is 14.7. The molecule has 0 rings (SSSR count). The smallest absolute Gasteiger partial charge is 0.243 e. The zero-order valence-corrected chi connectivity index (χ0v) is 19.4. The maximum absolute atomic E-state index is 12.8. The molecule has 0 aliphatic rings. The van der Waals surface area contributed by atoms with Gasteiger partial charge in [-0.3, -0.25) is 25.1 Å². The molecule has 0 radical (unpaired) electrons. The Labute approximate surface area is 198 Å². The lowest BCUT2D eigenvalue weighted by molar-refractivity contribution is -0.306. The molecule has 0 bridgehead atoms. The second kappa shape index (κ2) is 19.0. The number of nitrogens with one attached hydrogen (secondary N) is 4. The van der Waals surface area contributed by atoms with Gasteiger partial charge in [-0.15, -0.1) is 0 Å². The number of carbonyl (C=O) groups is 4. The topological polar surface area (TPSA) is 256 Å². The van der Waals surface area contributed by atoms with Gasteiger partial charge in [0.1, 0.15) is 12.3 Å². The first-order chi connectivity index (χ1) is 16.2. The van der Waals surface area contributed by atoms with Gasteiger partial charge in [0.25, 0.3) is 0 Å². The first-order valence-corrected chi connectivity index (χ1v) is 10.9. The summed E-state index contributed by atoms with van der Waals surface area (Å²) in [4.78, 5) is 48.0. The molecule has 0 saturated carbocycles. The van der Waals surface area contributed by atoms with Crippen LogP contribution >= 0.6 is 0 Å². The number of carboxylic acid groups (broad SMARTS) is 1. The van der Waals surface area contributed by atoms with Crippen LogP contribution in [0.2, 0.25) is 0 Å². The lowest BCUT2D eigenvalue weighted by atomic mass is 10.1. The van der Waals surface area contributed by atoms with Crippen molar-refractivity contribution in [2.75, 3.05) is 40.0 Å². The van der Waals surface area contributed by atoms with Crippen molar-refractivity contribution in [1.82, 2.24) is 21.4 Å². The summed E-state index contributed by atoms with van der Waals surface area (Å²) in [6, 6.07) is -3.72. The van der Waals surface area contributed by atoms with Crippen molar-refractivity contribution >= 4 is 23.7 Å².